The number of hydrogen-bond acceptors (Lipinski definition) is 8. The number of nitrogens with zero attached hydrogens (tertiary/aromatic N) is 2. The van der Waals surface area contributed by atoms with E-state index < -0.39 is 22.0 Å². The summed E-state index contributed by atoms with van der Waals surface area (Å²) in [7, 11) is -0.407. The minimum absolute atomic E-state index is 0.0456. The lowest BCUT2D eigenvalue weighted by molar-refractivity contribution is -0.162. The molecule has 0 saturated carbocycles. The van der Waals surface area contributed by atoms with Gasteiger partial charge in [0, 0.05) is 27.8 Å². The zero-order chi connectivity index (χ0) is 13.7. The SMILES string of the molecule is CCOC(N)(OC)S(=O)(=O)N(NC)N(C)CO. The van der Waals surface area contributed by atoms with E-state index in [9.17, 15) is 8.42 Å². The van der Waals surface area contributed by atoms with E-state index in [0.717, 1.165) is 12.1 Å². The normalized spacial score (nSPS) is 16.5. The fraction of sp³-hybridized carbons (Fsp3) is 1.00. The summed E-state index contributed by atoms with van der Waals surface area (Å²) >= 11 is 0. The van der Waals surface area contributed by atoms with Crippen molar-refractivity contribution in [3.63, 3.8) is 0 Å². The van der Waals surface area contributed by atoms with Crippen molar-refractivity contribution in [1.82, 2.24) is 15.0 Å². The summed E-state index contributed by atoms with van der Waals surface area (Å²) < 4.78 is 34.5. The maximum Gasteiger partial charge on any atom is 0.350 e. The lowest BCUT2D eigenvalue weighted by Gasteiger charge is -2.35. The van der Waals surface area contributed by atoms with Gasteiger partial charge in [0.25, 0.3) is 0 Å². The average molecular weight is 272 g/mol. The molecule has 0 aromatic heterocycles. The Balaban J connectivity index is 5.33. The Hall–Kier alpha value is -0.330. The van der Waals surface area contributed by atoms with Crippen LogP contribution in [-0.4, -0.2) is 62.8 Å². The number of sulfonamides is 1. The zero-order valence-electron chi connectivity index (χ0n) is 10.4. The number of methoxy groups -OCH3 is 1. The van der Waals surface area contributed by atoms with Gasteiger partial charge in [-0.2, -0.15) is 5.01 Å². The molecule has 0 aliphatic carbocycles. The standard InChI is InChI=1S/C7H20N4O5S/c1-5-16-7(8,15-4)17(13,14)11(9-2)10(3)6-12/h9,12H,5-6,8H2,1-4H3. The molecular weight excluding hydrogens is 252 g/mol. The van der Waals surface area contributed by atoms with Gasteiger partial charge in [-0.1, -0.05) is 4.52 Å². The highest BCUT2D eigenvalue weighted by molar-refractivity contribution is 7.90. The van der Waals surface area contributed by atoms with Crippen LogP contribution < -0.4 is 11.2 Å². The number of hydrazine groups is 2. The van der Waals surface area contributed by atoms with Crippen molar-refractivity contribution in [3.8, 4) is 0 Å². The average Bonchev–Trinajstić information content (AvgIpc) is 2.29. The number of nitrogens with one attached hydrogen (secondary N) is 1. The molecule has 0 radical (unpaired) electrons. The minimum atomic E-state index is -4.21. The zero-order valence-corrected chi connectivity index (χ0v) is 11.2. The van der Waals surface area contributed by atoms with Gasteiger partial charge < -0.3 is 14.6 Å². The highest BCUT2D eigenvalue weighted by atomic mass is 32.2. The van der Waals surface area contributed by atoms with Gasteiger partial charge in [0.05, 0.1) is 0 Å². The molecule has 0 fully saturated rings. The Morgan fingerprint density at radius 2 is 2.06 bits per heavy atom. The van der Waals surface area contributed by atoms with Crippen molar-refractivity contribution in [2.24, 2.45) is 5.73 Å². The fourth-order valence-electron chi connectivity index (χ4n) is 1.09. The van der Waals surface area contributed by atoms with Crippen LogP contribution in [0.15, 0.2) is 0 Å². The van der Waals surface area contributed by atoms with E-state index >= 15 is 0 Å². The summed E-state index contributed by atoms with van der Waals surface area (Å²) in [5, 5.41) is 7.58. The van der Waals surface area contributed by atoms with Gasteiger partial charge in [-0.25, -0.2) is 13.8 Å². The van der Waals surface area contributed by atoms with E-state index in [1.165, 1.54) is 14.1 Å². The molecule has 0 bridgehead atoms. The lowest BCUT2D eigenvalue weighted by Crippen LogP contribution is -2.64. The number of nitrogens with two attached hydrogens (primary N) is 1. The molecule has 0 aliphatic rings. The van der Waals surface area contributed by atoms with Crippen LogP contribution in [0.3, 0.4) is 0 Å². The van der Waals surface area contributed by atoms with E-state index in [1.807, 2.05) is 0 Å². The first-order valence-corrected chi connectivity index (χ1v) is 6.26. The number of hydrogen-bond donors (Lipinski definition) is 3. The van der Waals surface area contributed by atoms with Gasteiger partial charge in [-0.3, -0.25) is 5.73 Å². The molecule has 1 atom stereocenters. The highest BCUT2D eigenvalue weighted by Crippen LogP contribution is 2.18. The Labute approximate surface area is 101 Å². The van der Waals surface area contributed by atoms with Crippen molar-refractivity contribution in [3.05, 3.63) is 0 Å². The van der Waals surface area contributed by atoms with Crippen molar-refractivity contribution in [2.45, 2.75) is 12.2 Å². The topological polar surface area (TPSA) is 117 Å². The van der Waals surface area contributed by atoms with E-state index in [0.29, 0.717) is 4.52 Å². The first kappa shape index (κ1) is 16.7. The second kappa shape index (κ2) is 6.56. The van der Waals surface area contributed by atoms with Crippen LogP contribution in [0.2, 0.25) is 0 Å². The predicted octanol–water partition coefficient (Wildman–Crippen LogP) is -2.20. The second-order valence-corrected chi connectivity index (χ2v) is 4.88. The summed E-state index contributed by atoms with van der Waals surface area (Å²) in [5.74, 6) is 0. The largest absolute Gasteiger partial charge is 0.380 e. The third-order valence-corrected chi connectivity index (χ3v) is 3.84. The molecule has 0 aromatic rings. The first-order valence-electron chi connectivity index (χ1n) is 4.82. The summed E-state index contributed by atoms with van der Waals surface area (Å²) in [6.45, 7) is 1.09. The molecule has 0 rings (SSSR count). The lowest BCUT2D eigenvalue weighted by atomic mass is 10.9. The molecule has 17 heavy (non-hydrogen) atoms. The van der Waals surface area contributed by atoms with Crippen LogP contribution in [0.5, 0.6) is 0 Å². The van der Waals surface area contributed by atoms with Crippen molar-refractivity contribution >= 4 is 10.0 Å². The molecule has 0 spiro atoms. The third-order valence-electron chi connectivity index (χ3n) is 1.92. The predicted molar refractivity (Wildman–Crippen MR) is 60.2 cm³/mol. The van der Waals surface area contributed by atoms with Crippen molar-refractivity contribution in [1.29, 1.82) is 0 Å². The van der Waals surface area contributed by atoms with Gasteiger partial charge in [-0.15, -0.1) is 0 Å². The van der Waals surface area contributed by atoms with Gasteiger partial charge in [0.2, 0.25) is 0 Å². The van der Waals surface area contributed by atoms with E-state index in [1.54, 1.807) is 6.92 Å². The van der Waals surface area contributed by atoms with Crippen LogP contribution in [-0.2, 0) is 19.5 Å². The molecule has 9 nitrogen and oxygen atoms in total. The van der Waals surface area contributed by atoms with Crippen LogP contribution in [0.4, 0.5) is 0 Å². The molecular formula is C7H20N4O5S. The van der Waals surface area contributed by atoms with Crippen LogP contribution in [0, 0.1) is 0 Å². The van der Waals surface area contributed by atoms with Crippen LogP contribution in [0.1, 0.15) is 6.92 Å². The summed E-state index contributed by atoms with van der Waals surface area (Å²) in [4.78, 5) is 0. The summed E-state index contributed by atoms with van der Waals surface area (Å²) in [5.41, 5.74) is 7.89. The molecule has 1 unspecified atom stereocenters. The van der Waals surface area contributed by atoms with Crippen molar-refractivity contribution in [2.75, 3.05) is 34.5 Å². The van der Waals surface area contributed by atoms with Gasteiger partial charge in [0.15, 0.2) is 0 Å². The molecule has 10 heteroatoms. The summed E-state index contributed by atoms with van der Waals surface area (Å²) in [6, 6.07) is 0. The molecule has 0 aromatic carbocycles. The molecule has 104 valence electrons. The van der Waals surface area contributed by atoms with E-state index in [2.05, 4.69) is 5.43 Å². The van der Waals surface area contributed by atoms with Crippen molar-refractivity contribution < 1.29 is 23.0 Å². The highest BCUT2D eigenvalue weighted by Gasteiger charge is 2.47. The number of rotatable bonds is 8. The Bertz CT molecular complexity index is 324. The van der Waals surface area contributed by atoms with Crippen LogP contribution in [0.25, 0.3) is 0 Å². The Morgan fingerprint density at radius 3 is 2.35 bits per heavy atom. The quantitative estimate of drug-likeness (QED) is 0.337. The Morgan fingerprint density at radius 1 is 1.53 bits per heavy atom. The van der Waals surface area contributed by atoms with Crippen LogP contribution >= 0.6 is 0 Å². The van der Waals surface area contributed by atoms with Gasteiger partial charge >= 0.3 is 15.3 Å². The minimum Gasteiger partial charge on any atom is -0.380 e. The fourth-order valence-corrected chi connectivity index (χ4v) is 2.47. The second-order valence-electron chi connectivity index (χ2n) is 3.01. The summed E-state index contributed by atoms with van der Waals surface area (Å²) in [6.07, 6.45) is 0. The maximum absolute atomic E-state index is 12.1. The third kappa shape index (κ3) is 3.33. The molecule has 4 N–H and O–H groups in total. The van der Waals surface area contributed by atoms with E-state index in [-0.39, 0.29) is 6.61 Å². The monoisotopic (exact) mass is 272 g/mol. The first-order chi connectivity index (χ1) is 7.80. The maximum atomic E-state index is 12.1. The smallest absolute Gasteiger partial charge is 0.350 e. The molecule has 0 heterocycles. The number of aliphatic hydroxyl groups is 1. The number of aliphatic hydroxyl groups excluding tert-OH is 1. The van der Waals surface area contributed by atoms with E-state index in [4.69, 9.17) is 20.3 Å². The molecule has 0 saturated heterocycles. The van der Waals surface area contributed by atoms with Gasteiger partial charge in [0.1, 0.15) is 6.73 Å². The molecule has 0 aliphatic heterocycles. The van der Waals surface area contributed by atoms with Gasteiger partial charge in [-0.05, 0) is 6.92 Å². The number of ether oxygens (including phenoxy) is 2. The Kier molecular flexibility index (Phi) is 6.43. The molecule has 0 amide bonds.